The maximum absolute atomic E-state index is 11.0. The zero-order chi connectivity index (χ0) is 10.6. The molecule has 5 heteroatoms. The topological polar surface area (TPSA) is 82.9 Å². The standard InChI is InChI=1S/C9H7N3O2/c1-6(13)7-2-4-8(5-3-7)9(14)11-12-10/h2-5H,1H3. The molecule has 0 heterocycles. The maximum Gasteiger partial charge on any atom is 0.249 e. The van der Waals surface area contributed by atoms with Crippen LogP contribution in [-0.4, -0.2) is 11.7 Å². The van der Waals surface area contributed by atoms with Crippen molar-refractivity contribution in [2.75, 3.05) is 0 Å². The van der Waals surface area contributed by atoms with Gasteiger partial charge in [0.1, 0.15) is 0 Å². The van der Waals surface area contributed by atoms with E-state index in [1.54, 1.807) is 0 Å². The van der Waals surface area contributed by atoms with Crippen LogP contribution in [0.3, 0.4) is 0 Å². The highest BCUT2D eigenvalue weighted by Gasteiger charge is 2.03. The van der Waals surface area contributed by atoms with Crippen LogP contribution in [0.15, 0.2) is 29.4 Å². The highest BCUT2D eigenvalue weighted by molar-refractivity contribution is 5.98. The lowest BCUT2D eigenvalue weighted by Gasteiger charge is -1.96. The highest BCUT2D eigenvalue weighted by atomic mass is 16.1. The molecule has 14 heavy (non-hydrogen) atoms. The van der Waals surface area contributed by atoms with Gasteiger partial charge in [0.25, 0.3) is 0 Å². The van der Waals surface area contributed by atoms with Crippen molar-refractivity contribution in [3.05, 3.63) is 45.8 Å². The lowest BCUT2D eigenvalue weighted by Crippen LogP contribution is -1.96. The molecule has 0 aromatic heterocycles. The molecule has 0 saturated carbocycles. The van der Waals surface area contributed by atoms with E-state index in [0.717, 1.165) is 0 Å². The molecule has 1 aromatic rings. The number of carbonyl (C=O) groups is 2. The fraction of sp³-hybridized carbons (Fsp3) is 0.111. The van der Waals surface area contributed by atoms with Gasteiger partial charge in [0.05, 0.1) is 0 Å². The van der Waals surface area contributed by atoms with Gasteiger partial charge >= 0.3 is 0 Å². The van der Waals surface area contributed by atoms with Crippen LogP contribution in [-0.2, 0) is 0 Å². The van der Waals surface area contributed by atoms with Crippen LogP contribution in [0.5, 0.6) is 0 Å². The molecule has 0 atom stereocenters. The number of benzene rings is 1. The van der Waals surface area contributed by atoms with Gasteiger partial charge < -0.3 is 0 Å². The van der Waals surface area contributed by atoms with E-state index in [1.165, 1.54) is 31.2 Å². The normalized spacial score (nSPS) is 8.93. The van der Waals surface area contributed by atoms with Crippen LogP contribution in [0.1, 0.15) is 27.6 Å². The van der Waals surface area contributed by atoms with E-state index < -0.39 is 5.91 Å². The van der Waals surface area contributed by atoms with Crippen molar-refractivity contribution in [1.29, 1.82) is 0 Å². The largest absolute Gasteiger partial charge is 0.295 e. The summed E-state index contributed by atoms with van der Waals surface area (Å²) < 4.78 is 0. The third-order valence-corrected chi connectivity index (χ3v) is 1.67. The Morgan fingerprint density at radius 2 is 1.71 bits per heavy atom. The Hall–Kier alpha value is -2.13. The molecule has 0 aliphatic rings. The molecule has 1 aromatic carbocycles. The number of nitrogens with zero attached hydrogens (tertiary/aromatic N) is 3. The molecule has 0 saturated heterocycles. The van der Waals surface area contributed by atoms with Gasteiger partial charge in [-0.15, -0.1) is 0 Å². The van der Waals surface area contributed by atoms with Crippen molar-refractivity contribution < 1.29 is 9.59 Å². The van der Waals surface area contributed by atoms with Gasteiger partial charge in [0, 0.05) is 16.0 Å². The van der Waals surface area contributed by atoms with Gasteiger partial charge in [-0.2, -0.15) is 0 Å². The van der Waals surface area contributed by atoms with Crippen molar-refractivity contribution in [2.24, 2.45) is 5.11 Å². The second-order valence-corrected chi connectivity index (χ2v) is 2.63. The minimum absolute atomic E-state index is 0.0761. The summed E-state index contributed by atoms with van der Waals surface area (Å²) in [5.41, 5.74) is 8.81. The van der Waals surface area contributed by atoms with Crippen molar-refractivity contribution >= 4 is 11.7 Å². The Bertz CT molecular complexity index is 416. The average Bonchev–Trinajstić information content (AvgIpc) is 2.18. The first-order valence-electron chi connectivity index (χ1n) is 3.85. The minimum Gasteiger partial charge on any atom is -0.295 e. The number of ketones is 1. The van der Waals surface area contributed by atoms with E-state index in [2.05, 4.69) is 10.0 Å². The summed E-state index contributed by atoms with van der Waals surface area (Å²) in [7, 11) is 0. The van der Waals surface area contributed by atoms with Gasteiger partial charge in [-0.25, -0.2) is 0 Å². The predicted molar refractivity (Wildman–Crippen MR) is 49.9 cm³/mol. The average molecular weight is 189 g/mol. The molecule has 1 amide bonds. The molecular formula is C9H7N3O2. The van der Waals surface area contributed by atoms with Crippen molar-refractivity contribution in [3.63, 3.8) is 0 Å². The third-order valence-electron chi connectivity index (χ3n) is 1.67. The first-order chi connectivity index (χ1) is 6.65. The van der Waals surface area contributed by atoms with Crippen LogP contribution in [0.2, 0.25) is 0 Å². The molecule has 0 aliphatic heterocycles. The Morgan fingerprint density at radius 3 is 2.14 bits per heavy atom. The van der Waals surface area contributed by atoms with Gasteiger partial charge in [-0.1, -0.05) is 24.3 Å². The molecule has 0 radical (unpaired) electrons. The van der Waals surface area contributed by atoms with Crippen molar-refractivity contribution in [2.45, 2.75) is 6.92 Å². The summed E-state index contributed by atoms with van der Waals surface area (Å²) >= 11 is 0. The zero-order valence-corrected chi connectivity index (χ0v) is 7.47. The van der Waals surface area contributed by atoms with Gasteiger partial charge in [-0.3, -0.25) is 9.59 Å². The molecule has 5 nitrogen and oxygen atoms in total. The Balaban J connectivity index is 2.99. The number of hydrogen-bond donors (Lipinski definition) is 0. The van der Waals surface area contributed by atoms with Crippen LogP contribution < -0.4 is 0 Å². The number of carbonyl (C=O) groups excluding carboxylic acids is 2. The molecule has 1 rings (SSSR count). The quantitative estimate of drug-likeness (QED) is 0.309. The van der Waals surface area contributed by atoms with Gasteiger partial charge in [-0.05, 0) is 17.6 Å². The number of rotatable bonds is 2. The molecule has 0 spiro atoms. The Kier molecular flexibility index (Phi) is 2.99. The molecule has 0 unspecified atom stereocenters. The summed E-state index contributed by atoms with van der Waals surface area (Å²) in [6.45, 7) is 1.43. The van der Waals surface area contributed by atoms with E-state index in [0.29, 0.717) is 5.56 Å². The van der Waals surface area contributed by atoms with Gasteiger partial charge in [0.15, 0.2) is 5.78 Å². The van der Waals surface area contributed by atoms with Gasteiger partial charge in [0.2, 0.25) is 5.91 Å². The number of azide groups is 1. The molecule has 70 valence electrons. The van der Waals surface area contributed by atoms with Crippen molar-refractivity contribution in [3.8, 4) is 0 Å². The molecule has 0 aliphatic carbocycles. The Labute approximate surface area is 80.0 Å². The second kappa shape index (κ2) is 4.20. The summed E-state index contributed by atoms with van der Waals surface area (Å²) in [6, 6.07) is 5.94. The molecule has 0 fully saturated rings. The highest BCUT2D eigenvalue weighted by Crippen LogP contribution is 2.06. The smallest absolute Gasteiger partial charge is 0.249 e. The molecule has 0 N–H and O–H groups in total. The van der Waals surface area contributed by atoms with Crippen LogP contribution in [0, 0.1) is 0 Å². The first kappa shape index (κ1) is 9.95. The SMILES string of the molecule is CC(=O)c1ccc(C(=O)N=[N+]=[N-])cc1. The number of hydrogen-bond acceptors (Lipinski definition) is 2. The Morgan fingerprint density at radius 1 is 1.21 bits per heavy atom. The lowest BCUT2D eigenvalue weighted by atomic mass is 10.1. The zero-order valence-electron chi connectivity index (χ0n) is 7.47. The van der Waals surface area contributed by atoms with E-state index in [1.807, 2.05) is 0 Å². The monoisotopic (exact) mass is 189 g/mol. The summed E-state index contributed by atoms with van der Waals surface area (Å²) in [5, 5.41) is 2.93. The van der Waals surface area contributed by atoms with Crippen LogP contribution >= 0.6 is 0 Å². The van der Waals surface area contributed by atoms with E-state index in [9.17, 15) is 9.59 Å². The van der Waals surface area contributed by atoms with Crippen LogP contribution in [0.4, 0.5) is 0 Å². The van der Waals surface area contributed by atoms with Crippen molar-refractivity contribution in [1.82, 2.24) is 0 Å². The first-order valence-corrected chi connectivity index (χ1v) is 3.85. The van der Waals surface area contributed by atoms with E-state index in [4.69, 9.17) is 5.53 Å². The van der Waals surface area contributed by atoms with E-state index in [-0.39, 0.29) is 11.3 Å². The number of amides is 1. The third kappa shape index (κ3) is 2.18. The second-order valence-electron chi connectivity index (χ2n) is 2.63. The van der Waals surface area contributed by atoms with Crippen LogP contribution in [0.25, 0.3) is 10.4 Å². The summed E-state index contributed by atoms with van der Waals surface area (Å²) in [4.78, 5) is 24.3. The summed E-state index contributed by atoms with van der Waals surface area (Å²) in [6.07, 6.45) is 0. The fourth-order valence-electron chi connectivity index (χ4n) is 0.946. The maximum atomic E-state index is 11.0. The lowest BCUT2D eigenvalue weighted by molar-refractivity contribution is 0.0993. The fourth-order valence-corrected chi connectivity index (χ4v) is 0.946. The summed E-state index contributed by atoms with van der Waals surface area (Å²) in [5.74, 6) is -0.726. The van der Waals surface area contributed by atoms with E-state index >= 15 is 0 Å². The minimum atomic E-state index is -0.650. The molecular weight excluding hydrogens is 182 g/mol. The number of Topliss-reactive ketones (excluding diaryl/α,β-unsaturated/α-hetero) is 1. The molecule has 0 bridgehead atoms. The predicted octanol–water partition coefficient (Wildman–Crippen LogP) is 2.34.